The molecule has 0 spiro atoms. The Bertz CT molecular complexity index is 922. The standard InChI is InChI=1S/C19H20N2O4/c1-12-9-18(23)25-19-13(2)17(4-3-16(12)19)24-11-15(22)10-21-14-5-7-20-8-6-14/h3-9,15,22H,10-11H2,1-2H3,(H,20,21)/t15-/m1/s1. The number of aryl methyl sites for hydroxylation is 2. The van der Waals surface area contributed by atoms with Gasteiger partial charge in [-0.1, -0.05) is 0 Å². The molecule has 0 saturated carbocycles. The van der Waals surface area contributed by atoms with Gasteiger partial charge in [-0.2, -0.15) is 0 Å². The molecule has 3 aromatic rings. The molecule has 0 bridgehead atoms. The molecule has 0 radical (unpaired) electrons. The number of hydrogen-bond acceptors (Lipinski definition) is 6. The lowest BCUT2D eigenvalue weighted by Crippen LogP contribution is -2.26. The van der Waals surface area contributed by atoms with Gasteiger partial charge >= 0.3 is 5.63 Å². The molecule has 1 atom stereocenters. The van der Waals surface area contributed by atoms with Crippen LogP contribution in [0.1, 0.15) is 11.1 Å². The first-order chi connectivity index (χ1) is 12.0. The minimum Gasteiger partial charge on any atom is -0.490 e. The Kier molecular flexibility index (Phi) is 5.00. The van der Waals surface area contributed by atoms with E-state index in [0.29, 0.717) is 17.9 Å². The summed E-state index contributed by atoms with van der Waals surface area (Å²) in [7, 11) is 0. The molecule has 3 rings (SSSR count). The summed E-state index contributed by atoms with van der Waals surface area (Å²) in [6, 6.07) is 8.80. The van der Waals surface area contributed by atoms with Gasteiger partial charge in [-0.15, -0.1) is 0 Å². The molecule has 2 heterocycles. The summed E-state index contributed by atoms with van der Waals surface area (Å²) in [6.45, 7) is 4.18. The van der Waals surface area contributed by atoms with E-state index in [-0.39, 0.29) is 12.2 Å². The summed E-state index contributed by atoms with van der Waals surface area (Å²) in [4.78, 5) is 15.5. The van der Waals surface area contributed by atoms with Crippen LogP contribution in [-0.4, -0.2) is 29.3 Å². The van der Waals surface area contributed by atoms with Gasteiger partial charge in [-0.05, 0) is 43.7 Å². The topological polar surface area (TPSA) is 84.6 Å². The summed E-state index contributed by atoms with van der Waals surface area (Å²) in [5, 5.41) is 14.1. The Morgan fingerprint density at radius 3 is 2.76 bits per heavy atom. The summed E-state index contributed by atoms with van der Waals surface area (Å²) >= 11 is 0. The third-order valence-corrected chi connectivity index (χ3v) is 3.97. The number of pyridine rings is 1. The number of benzene rings is 1. The van der Waals surface area contributed by atoms with Crippen LogP contribution in [0.25, 0.3) is 11.0 Å². The minimum atomic E-state index is -0.687. The Hall–Kier alpha value is -2.86. The quantitative estimate of drug-likeness (QED) is 0.671. The van der Waals surface area contributed by atoms with Gasteiger partial charge in [0, 0.05) is 41.6 Å². The van der Waals surface area contributed by atoms with Crippen LogP contribution in [0, 0.1) is 13.8 Å². The third kappa shape index (κ3) is 3.97. The monoisotopic (exact) mass is 340 g/mol. The zero-order chi connectivity index (χ0) is 17.8. The number of hydrogen-bond donors (Lipinski definition) is 2. The molecule has 2 N–H and O–H groups in total. The number of nitrogens with one attached hydrogen (secondary N) is 1. The van der Waals surface area contributed by atoms with E-state index >= 15 is 0 Å². The largest absolute Gasteiger partial charge is 0.490 e. The number of ether oxygens (including phenoxy) is 1. The zero-order valence-electron chi connectivity index (χ0n) is 14.2. The molecule has 0 aliphatic rings. The second kappa shape index (κ2) is 7.36. The Labute approximate surface area is 145 Å². The van der Waals surface area contributed by atoms with E-state index in [2.05, 4.69) is 10.3 Å². The van der Waals surface area contributed by atoms with Crippen LogP contribution in [0.5, 0.6) is 5.75 Å². The van der Waals surface area contributed by atoms with Crippen molar-refractivity contribution in [3.05, 3.63) is 64.3 Å². The van der Waals surface area contributed by atoms with Crippen molar-refractivity contribution in [2.24, 2.45) is 0 Å². The van der Waals surface area contributed by atoms with Gasteiger partial charge < -0.3 is 19.6 Å². The van der Waals surface area contributed by atoms with Crippen molar-refractivity contribution >= 4 is 16.7 Å². The Balaban J connectivity index is 1.66. The van der Waals surface area contributed by atoms with Gasteiger partial charge in [0.05, 0.1) is 0 Å². The number of anilines is 1. The van der Waals surface area contributed by atoms with Crippen LogP contribution in [0.15, 0.2) is 51.9 Å². The van der Waals surface area contributed by atoms with Crippen molar-refractivity contribution < 1.29 is 14.3 Å². The Morgan fingerprint density at radius 1 is 1.24 bits per heavy atom. The maximum Gasteiger partial charge on any atom is 0.336 e. The average molecular weight is 340 g/mol. The third-order valence-electron chi connectivity index (χ3n) is 3.97. The highest BCUT2D eigenvalue weighted by atomic mass is 16.5. The van der Waals surface area contributed by atoms with Crippen molar-refractivity contribution in [3.63, 3.8) is 0 Å². The molecular formula is C19H20N2O4. The molecule has 6 nitrogen and oxygen atoms in total. The number of aliphatic hydroxyl groups is 1. The molecule has 0 aliphatic heterocycles. The van der Waals surface area contributed by atoms with Crippen LogP contribution < -0.4 is 15.7 Å². The number of rotatable bonds is 6. The van der Waals surface area contributed by atoms with Gasteiger partial charge in [0.1, 0.15) is 24.0 Å². The van der Waals surface area contributed by atoms with E-state index in [9.17, 15) is 9.90 Å². The van der Waals surface area contributed by atoms with E-state index < -0.39 is 6.10 Å². The van der Waals surface area contributed by atoms with Gasteiger partial charge in [0.15, 0.2) is 0 Å². The average Bonchev–Trinajstić information content (AvgIpc) is 2.61. The highest BCUT2D eigenvalue weighted by Gasteiger charge is 2.12. The lowest BCUT2D eigenvalue weighted by molar-refractivity contribution is 0.117. The summed E-state index contributed by atoms with van der Waals surface area (Å²) in [6.07, 6.45) is 2.67. The maximum atomic E-state index is 11.6. The van der Waals surface area contributed by atoms with Crippen LogP contribution in [-0.2, 0) is 0 Å². The molecule has 2 aromatic heterocycles. The van der Waals surface area contributed by atoms with E-state index in [4.69, 9.17) is 9.15 Å². The molecule has 0 unspecified atom stereocenters. The smallest absolute Gasteiger partial charge is 0.336 e. The van der Waals surface area contributed by atoms with Crippen LogP contribution >= 0.6 is 0 Å². The van der Waals surface area contributed by atoms with Crippen LogP contribution in [0.4, 0.5) is 5.69 Å². The first-order valence-electron chi connectivity index (χ1n) is 8.03. The number of nitrogens with zero attached hydrogens (tertiary/aromatic N) is 1. The summed E-state index contributed by atoms with van der Waals surface area (Å²) in [5.41, 5.74) is 2.63. The fourth-order valence-electron chi connectivity index (χ4n) is 2.61. The number of aromatic nitrogens is 1. The fourth-order valence-corrected chi connectivity index (χ4v) is 2.61. The van der Waals surface area contributed by atoms with Gasteiger partial charge in [-0.3, -0.25) is 4.98 Å². The van der Waals surface area contributed by atoms with E-state index in [1.807, 2.05) is 38.1 Å². The molecule has 0 amide bonds. The van der Waals surface area contributed by atoms with Crippen molar-refractivity contribution in [2.75, 3.05) is 18.5 Å². The predicted octanol–water partition coefficient (Wildman–Crippen LogP) is 2.66. The molecule has 0 saturated heterocycles. The van der Waals surface area contributed by atoms with Crippen molar-refractivity contribution in [3.8, 4) is 5.75 Å². The Morgan fingerprint density at radius 2 is 2.00 bits per heavy atom. The minimum absolute atomic E-state index is 0.125. The van der Waals surface area contributed by atoms with Crippen LogP contribution in [0.2, 0.25) is 0 Å². The molecule has 6 heteroatoms. The maximum absolute atomic E-state index is 11.6. The SMILES string of the molecule is Cc1cc(=O)oc2c(C)c(OC[C@H](O)CNc3ccncc3)ccc12. The summed E-state index contributed by atoms with van der Waals surface area (Å²) in [5.74, 6) is 0.587. The lowest BCUT2D eigenvalue weighted by atomic mass is 10.1. The predicted molar refractivity (Wildman–Crippen MR) is 96.2 cm³/mol. The van der Waals surface area contributed by atoms with E-state index in [1.165, 1.54) is 6.07 Å². The molecule has 130 valence electrons. The molecule has 25 heavy (non-hydrogen) atoms. The van der Waals surface area contributed by atoms with Crippen molar-refractivity contribution in [2.45, 2.75) is 20.0 Å². The molecule has 1 aromatic carbocycles. The lowest BCUT2D eigenvalue weighted by Gasteiger charge is -2.16. The van der Waals surface area contributed by atoms with Crippen LogP contribution in [0.3, 0.4) is 0 Å². The van der Waals surface area contributed by atoms with Gasteiger partial charge in [0.2, 0.25) is 0 Å². The second-order valence-electron chi connectivity index (χ2n) is 5.90. The summed E-state index contributed by atoms with van der Waals surface area (Å²) < 4.78 is 11.0. The highest BCUT2D eigenvalue weighted by molar-refractivity contribution is 5.84. The van der Waals surface area contributed by atoms with E-state index in [1.54, 1.807) is 12.4 Å². The number of aliphatic hydroxyl groups excluding tert-OH is 1. The van der Waals surface area contributed by atoms with Gasteiger partial charge in [-0.25, -0.2) is 4.79 Å². The fraction of sp³-hybridized carbons (Fsp3) is 0.263. The normalized spacial score (nSPS) is 12.1. The number of fused-ring (bicyclic) bond motifs is 1. The molecular weight excluding hydrogens is 320 g/mol. The van der Waals surface area contributed by atoms with Gasteiger partial charge in [0.25, 0.3) is 0 Å². The van der Waals surface area contributed by atoms with E-state index in [0.717, 1.165) is 22.2 Å². The zero-order valence-corrected chi connectivity index (χ0v) is 14.2. The highest BCUT2D eigenvalue weighted by Crippen LogP contribution is 2.28. The molecule has 0 fully saturated rings. The first kappa shape index (κ1) is 17.0. The van der Waals surface area contributed by atoms with Crippen molar-refractivity contribution in [1.29, 1.82) is 0 Å². The molecule has 0 aliphatic carbocycles. The first-order valence-corrected chi connectivity index (χ1v) is 8.03. The van der Waals surface area contributed by atoms with Crippen molar-refractivity contribution in [1.82, 2.24) is 4.98 Å². The second-order valence-corrected chi connectivity index (χ2v) is 5.90.